The lowest BCUT2D eigenvalue weighted by atomic mass is 10.1. The Morgan fingerprint density at radius 2 is 1.79 bits per heavy atom. The zero-order chi connectivity index (χ0) is 17.1. The molecule has 3 aromatic rings. The minimum atomic E-state index is -0.969. The van der Waals surface area contributed by atoms with Gasteiger partial charge in [-0.2, -0.15) is 0 Å². The van der Waals surface area contributed by atoms with Crippen molar-refractivity contribution in [3.05, 3.63) is 81.5 Å². The van der Waals surface area contributed by atoms with E-state index in [-0.39, 0.29) is 11.3 Å². The second kappa shape index (κ2) is 6.29. The van der Waals surface area contributed by atoms with Gasteiger partial charge in [0.2, 0.25) is 0 Å². The first-order valence-electron chi connectivity index (χ1n) is 7.10. The molecule has 1 heterocycles. The van der Waals surface area contributed by atoms with Gasteiger partial charge in [-0.15, -0.1) is 0 Å². The lowest BCUT2D eigenvalue weighted by molar-refractivity contribution is -0.383. The molecule has 3 rings (SSSR count). The summed E-state index contributed by atoms with van der Waals surface area (Å²) in [5.74, 6) is -0.969. The lowest BCUT2D eigenvalue weighted by Crippen LogP contribution is -1.94. The van der Waals surface area contributed by atoms with E-state index in [1.54, 1.807) is 48.6 Å². The molecule has 6 heteroatoms. The van der Waals surface area contributed by atoms with E-state index < -0.39 is 10.9 Å². The van der Waals surface area contributed by atoms with Crippen LogP contribution in [0.4, 0.5) is 5.69 Å². The number of benzene rings is 2. The molecule has 1 aromatic heterocycles. The van der Waals surface area contributed by atoms with Crippen molar-refractivity contribution in [1.82, 2.24) is 4.98 Å². The van der Waals surface area contributed by atoms with E-state index in [4.69, 9.17) is 5.11 Å². The summed E-state index contributed by atoms with van der Waals surface area (Å²) < 4.78 is 0. The normalized spacial score (nSPS) is 11.0. The molecule has 118 valence electrons. The van der Waals surface area contributed by atoms with Crippen molar-refractivity contribution in [2.75, 3.05) is 0 Å². The smallest absolute Gasteiger partial charge is 0.335 e. The summed E-state index contributed by atoms with van der Waals surface area (Å²) in [5.41, 5.74) is 2.29. The number of carbonyl (C=O) groups is 1. The number of hydrogen-bond acceptors (Lipinski definition) is 4. The number of nitrogens with zero attached hydrogens (tertiary/aromatic N) is 2. The molecule has 0 aliphatic heterocycles. The average molecular weight is 320 g/mol. The third kappa shape index (κ3) is 3.12. The van der Waals surface area contributed by atoms with Crippen LogP contribution in [0.5, 0.6) is 0 Å². The van der Waals surface area contributed by atoms with Gasteiger partial charge in [0, 0.05) is 6.07 Å². The third-order valence-electron chi connectivity index (χ3n) is 3.53. The van der Waals surface area contributed by atoms with Gasteiger partial charge in [0.1, 0.15) is 0 Å². The number of nitro benzene ring substituents is 1. The molecule has 0 saturated heterocycles. The molecule has 0 aliphatic carbocycles. The second-order valence-corrected chi connectivity index (χ2v) is 5.10. The largest absolute Gasteiger partial charge is 0.478 e. The van der Waals surface area contributed by atoms with Gasteiger partial charge in [-0.3, -0.25) is 10.1 Å². The van der Waals surface area contributed by atoms with Crippen LogP contribution >= 0.6 is 0 Å². The van der Waals surface area contributed by atoms with Crippen LogP contribution in [0.15, 0.2) is 54.6 Å². The van der Waals surface area contributed by atoms with E-state index in [0.29, 0.717) is 16.6 Å². The van der Waals surface area contributed by atoms with E-state index in [9.17, 15) is 14.9 Å². The first kappa shape index (κ1) is 15.4. The number of carboxylic acid groups (broad SMARTS) is 1. The van der Waals surface area contributed by atoms with E-state index in [1.807, 2.05) is 0 Å². The van der Waals surface area contributed by atoms with E-state index in [1.165, 1.54) is 18.2 Å². The number of hydrogen-bond donors (Lipinski definition) is 1. The van der Waals surface area contributed by atoms with Crippen LogP contribution in [-0.4, -0.2) is 21.0 Å². The fourth-order valence-electron chi connectivity index (χ4n) is 2.32. The summed E-state index contributed by atoms with van der Waals surface area (Å²) in [6, 6.07) is 14.6. The molecule has 0 spiro atoms. The zero-order valence-corrected chi connectivity index (χ0v) is 12.4. The van der Waals surface area contributed by atoms with Gasteiger partial charge in [-0.25, -0.2) is 9.78 Å². The number of fused-ring (bicyclic) bond motifs is 1. The minimum absolute atomic E-state index is 0.0276. The molecule has 0 aliphatic rings. The average Bonchev–Trinajstić information content (AvgIpc) is 2.59. The van der Waals surface area contributed by atoms with E-state index in [0.717, 1.165) is 5.56 Å². The molecule has 0 fully saturated rings. The minimum Gasteiger partial charge on any atom is -0.478 e. The van der Waals surface area contributed by atoms with Crippen LogP contribution in [0.1, 0.15) is 21.6 Å². The van der Waals surface area contributed by atoms with Gasteiger partial charge in [0.25, 0.3) is 5.69 Å². The van der Waals surface area contributed by atoms with Gasteiger partial charge < -0.3 is 5.11 Å². The highest BCUT2D eigenvalue weighted by Gasteiger charge is 2.11. The van der Waals surface area contributed by atoms with Crippen molar-refractivity contribution < 1.29 is 14.8 Å². The van der Waals surface area contributed by atoms with Gasteiger partial charge in [0.15, 0.2) is 0 Å². The standard InChI is InChI=1S/C18H12N2O4/c21-18(22)13-7-4-12(5-8-13)6-9-14-10-11-15-16(19-14)2-1-3-17(15)20(23)24/h1-11H,(H,21,22). The summed E-state index contributed by atoms with van der Waals surface area (Å²) in [5, 5.41) is 20.4. The Morgan fingerprint density at radius 1 is 1.04 bits per heavy atom. The van der Waals surface area contributed by atoms with Crippen LogP contribution in [0, 0.1) is 10.1 Å². The summed E-state index contributed by atoms with van der Waals surface area (Å²) in [4.78, 5) is 25.8. The predicted molar refractivity (Wildman–Crippen MR) is 90.7 cm³/mol. The van der Waals surface area contributed by atoms with Crippen molar-refractivity contribution in [2.24, 2.45) is 0 Å². The van der Waals surface area contributed by atoms with Gasteiger partial charge >= 0.3 is 5.97 Å². The SMILES string of the molecule is O=C(O)c1ccc(C=Cc2ccc3c([N+](=O)[O-])cccc3n2)cc1. The van der Waals surface area contributed by atoms with Gasteiger partial charge in [0.05, 0.1) is 27.1 Å². The van der Waals surface area contributed by atoms with Crippen LogP contribution in [0.2, 0.25) is 0 Å². The Labute approximate surface area is 136 Å². The monoisotopic (exact) mass is 320 g/mol. The number of non-ortho nitro benzene ring substituents is 1. The number of rotatable bonds is 4. The Balaban J connectivity index is 1.90. The molecule has 0 unspecified atom stereocenters. The Bertz CT molecular complexity index is 962. The quantitative estimate of drug-likeness (QED) is 0.579. The molecule has 0 atom stereocenters. The molecule has 0 saturated carbocycles. The Kier molecular flexibility index (Phi) is 4.03. The van der Waals surface area contributed by atoms with Crippen molar-refractivity contribution >= 4 is 34.7 Å². The topological polar surface area (TPSA) is 93.3 Å². The molecule has 0 bridgehead atoms. The summed E-state index contributed by atoms with van der Waals surface area (Å²) in [6.45, 7) is 0. The highest BCUT2D eigenvalue weighted by molar-refractivity contribution is 5.89. The number of aromatic nitrogens is 1. The number of nitro groups is 1. The number of carboxylic acids is 1. The van der Waals surface area contributed by atoms with Crippen LogP contribution < -0.4 is 0 Å². The van der Waals surface area contributed by atoms with Crippen LogP contribution in [-0.2, 0) is 0 Å². The first-order chi connectivity index (χ1) is 11.5. The highest BCUT2D eigenvalue weighted by atomic mass is 16.6. The molecule has 0 radical (unpaired) electrons. The fourth-order valence-corrected chi connectivity index (χ4v) is 2.32. The van der Waals surface area contributed by atoms with Gasteiger partial charge in [-0.1, -0.05) is 24.3 Å². The highest BCUT2D eigenvalue weighted by Crippen LogP contribution is 2.24. The van der Waals surface area contributed by atoms with Gasteiger partial charge in [-0.05, 0) is 42.0 Å². The molecule has 2 aromatic carbocycles. The second-order valence-electron chi connectivity index (χ2n) is 5.10. The first-order valence-corrected chi connectivity index (χ1v) is 7.10. The van der Waals surface area contributed by atoms with Crippen molar-refractivity contribution in [1.29, 1.82) is 0 Å². The maximum atomic E-state index is 11.0. The molecule has 1 N–H and O–H groups in total. The zero-order valence-electron chi connectivity index (χ0n) is 12.4. The molecule has 6 nitrogen and oxygen atoms in total. The molecule has 24 heavy (non-hydrogen) atoms. The summed E-state index contributed by atoms with van der Waals surface area (Å²) >= 11 is 0. The lowest BCUT2D eigenvalue weighted by Gasteiger charge is -2.00. The maximum absolute atomic E-state index is 11.0. The number of aromatic carboxylic acids is 1. The Morgan fingerprint density at radius 3 is 2.46 bits per heavy atom. The predicted octanol–water partition coefficient (Wildman–Crippen LogP) is 4.01. The Hall–Kier alpha value is -3.54. The molecule has 0 amide bonds. The van der Waals surface area contributed by atoms with Crippen molar-refractivity contribution in [3.63, 3.8) is 0 Å². The fraction of sp³-hybridized carbons (Fsp3) is 0. The van der Waals surface area contributed by atoms with Crippen LogP contribution in [0.3, 0.4) is 0 Å². The summed E-state index contributed by atoms with van der Waals surface area (Å²) in [7, 11) is 0. The van der Waals surface area contributed by atoms with Crippen molar-refractivity contribution in [3.8, 4) is 0 Å². The third-order valence-corrected chi connectivity index (χ3v) is 3.53. The number of pyridine rings is 1. The summed E-state index contributed by atoms with van der Waals surface area (Å²) in [6.07, 6.45) is 3.57. The maximum Gasteiger partial charge on any atom is 0.335 e. The van der Waals surface area contributed by atoms with E-state index >= 15 is 0 Å². The molecular weight excluding hydrogens is 308 g/mol. The molecular formula is C18H12N2O4. The van der Waals surface area contributed by atoms with E-state index in [2.05, 4.69) is 4.98 Å². The van der Waals surface area contributed by atoms with Crippen molar-refractivity contribution in [2.45, 2.75) is 0 Å². The van der Waals surface area contributed by atoms with Crippen LogP contribution in [0.25, 0.3) is 23.1 Å².